The molecule has 0 aliphatic rings. The van der Waals surface area contributed by atoms with Crippen LogP contribution in [0.2, 0.25) is 0 Å². The summed E-state index contributed by atoms with van der Waals surface area (Å²) in [6, 6.07) is 18.6. The van der Waals surface area contributed by atoms with Crippen molar-refractivity contribution in [1.82, 2.24) is 4.90 Å². The van der Waals surface area contributed by atoms with Crippen LogP contribution in [-0.4, -0.2) is 30.0 Å². The van der Waals surface area contributed by atoms with Crippen LogP contribution in [-0.2, 0) is 11.2 Å². The van der Waals surface area contributed by atoms with Gasteiger partial charge in [0.25, 0.3) is 0 Å². The highest BCUT2D eigenvalue weighted by Crippen LogP contribution is 2.27. The van der Waals surface area contributed by atoms with Crippen LogP contribution in [0.5, 0.6) is 5.75 Å². The molecule has 0 heterocycles. The molecule has 0 saturated heterocycles. The van der Waals surface area contributed by atoms with Crippen LogP contribution in [0.25, 0.3) is 0 Å². The summed E-state index contributed by atoms with van der Waals surface area (Å²) in [5.74, 6) is 1.26. The number of rotatable bonds is 9. The normalized spacial score (nSPS) is 12.0. The van der Waals surface area contributed by atoms with Gasteiger partial charge in [-0.2, -0.15) is 0 Å². The number of hydrogen-bond acceptors (Lipinski definition) is 2. The van der Waals surface area contributed by atoms with Crippen LogP contribution in [0.1, 0.15) is 51.2 Å². The SMILES string of the molecule is CCN(CC)C(=O)C[C@H](Cc1ccccc1)c1ccc(OC(C)C)cc1. The van der Waals surface area contributed by atoms with Gasteiger partial charge in [-0.1, -0.05) is 42.5 Å². The summed E-state index contributed by atoms with van der Waals surface area (Å²) in [6.07, 6.45) is 1.55. The fourth-order valence-electron chi connectivity index (χ4n) is 3.21. The minimum atomic E-state index is 0.158. The zero-order valence-corrected chi connectivity index (χ0v) is 16.4. The minimum Gasteiger partial charge on any atom is -0.491 e. The second-order valence-electron chi connectivity index (χ2n) is 6.89. The van der Waals surface area contributed by atoms with Gasteiger partial charge < -0.3 is 9.64 Å². The van der Waals surface area contributed by atoms with Crippen molar-refractivity contribution in [3.8, 4) is 5.75 Å². The maximum Gasteiger partial charge on any atom is 0.223 e. The molecule has 140 valence electrons. The van der Waals surface area contributed by atoms with Crippen molar-refractivity contribution in [3.63, 3.8) is 0 Å². The van der Waals surface area contributed by atoms with E-state index in [1.807, 2.05) is 50.8 Å². The largest absolute Gasteiger partial charge is 0.491 e. The van der Waals surface area contributed by atoms with Gasteiger partial charge in [0.15, 0.2) is 0 Å². The third-order valence-corrected chi connectivity index (χ3v) is 4.59. The Balaban J connectivity index is 2.20. The number of nitrogens with zero attached hydrogens (tertiary/aromatic N) is 1. The van der Waals surface area contributed by atoms with Gasteiger partial charge in [-0.3, -0.25) is 4.79 Å². The molecule has 2 rings (SSSR count). The van der Waals surface area contributed by atoms with Crippen LogP contribution >= 0.6 is 0 Å². The number of benzene rings is 2. The van der Waals surface area contributed by atoms with Crippen LogP contribution in [0.4, 0.5) is 0 Å². The lowest BCUT2D eigenvalue weighted by molar-refractivity contribution is -0.131. The summed E-state index contributed by atoms with van der Waals surface area (Å²) in [5.41, 5.74) is 2.44. The van der Waals surface area contributed by atoms with E-state index >= 15 is 0 Å². The van der Waals surface area contributed by atoms with E-state index in [2.05, 4.69) is 36.4 Å². The first-order valence-corrected chi connectivity index (χ1v) is 9.61. The number of carbonyl (C=O) groups excluding carboxylic acids is 1. The molecule has 3 nitrogen and oxygen atoms in total. The van der Waals surface area contributed by atoms with Crippen molar-refractivity contribution < 1.29 is 9.53 Å². The number of hydrogen-bond donors (Lipinski definition) is 0. The highest BCUT2D eigenvalue weighted by Gasteiger charge is 2.20. The number of carbonyl (C=O) groups is 1. The first kappa shape index (κ1) is 20.0. The highest BCUT2D eigenvalue weighted by atomic mass is 16.5. The van der Waals surface area contributed by atoms with Gasteiger partial charge >= 0.3 is 0 Å². The average molecular weight is 354 g/mol. The smallest absolute Gasteiger partial charge is 0.223 e. The van der Waals surface area contributed by atoms with Gasteiger partial charge in [0.05, 0.1) is 6.10 Å². The van der Waals surface area contributed by atoms with Gasteiger partial charge in [0, 0.05) is 19.5 Å². The van der Waals surface area contributed by atoms with E-state index in [9.17, 15) is 4.79 Å². The summed E-state index contributed by atoms with van der Waals surface area (Å²) in [7, 11) is 0. The van der Waals surface area contributed by atoms with Gasteiger partial charge in [-0.15, -0.1) is 0 Å². The first-order valence-electron chi connectivity index (χ1n) is 9.61. The molecule has 0 aliphatic heterocycles. The number of amides is 1. The second kappa shape index (κ2) is 10.0. The molecule has 0 saturated carbocycles. The van der Waals surface area contributed by atoms with Gasteiger partial charge in [0.1, 0.15) is 5.75 Å². The quantitative estimate of drug-likeness (QED) is 0.631. The van der Waals surface area contributed by atoms with Crippen molar-refractivity contribution >= 4 is 5.91 Å². The van der Waals surface area contributed by atoms with E-state index in [1.54, 1.807) is 0 Å². The topological polar surface area (TPSA) is 29.5 Å². The van der Waals surface area contributed by atoms with Crippen molar-refractivity contribution in [1.29, 1.82) is 0 Å². The molecule has 2 aromatic rings. The van der Waals surface area contributed by atoms with E-state index in [4.69, 9.17) is 4.74 Å². The summed E-state index contributed by atoms with van der Waals surface area (Å²) >= 11 is 0. The first-order chi connectivity index (χ1) is 12.5. The van der Waals surface area contributed by atoms with E-state index < -0.39 is 0 Å². The van der Waals surface area contributed by atoms with E-state index in [1.165, 1.54) is 11.1 Å². The van der Waals surface area contributed by atoms with E-state index in [0.717, 1.165) is 25.3 Å². The average Bonchev–Trinajstić information content (AvgIpc) is 2.63. The van der Waals surface area contributed by atoms with Gasteiger partial charge in [-0.05, 0) is 63.3 Å². The molecule has 0 unspecified atom stereocenters. The Bertz CT molecular complexity index is 660. The third-order valence-electron chi connectivity index (χ3n) is 4.59. The molecule has 0 aromatic heterocycles. The Labute approximate surface area is 158 Å². The Hall–Kier alpha value is -2.29. The molecule has 26 heavy (non-hydrogen) atoms. The second-order valence-corrected chi connectivity index (χ2v) is 6.89. The zero-order chi connectivity index (χ0) is 18.9. The molecule has 2 aromatic carbocycles. The van der Waals surface area contributed by atoms with Crippen molar-refractivity contribution in [3.05, 3.63) is 65.7 Å². The van der Waals surface area contributed by atoms with Crippen LogP contribution < -0.4 is 4.74 Å². The Morgan fingerprint density at radius 1 is 0.962 bits per heavy atom. The summed E-state index contributed by atoms with van der Waals surface area (Å²) in [4.78, 5) is 14.6. The monoisotopic (exact) mass is 353 g/mol. The zero-order valence-electron chi connectivity index (χ0n) is 16.4. The van der Waals surface area contributed by atoms with E-state index in [-0.39, 0.29) is 17.9 Å². The van der Waals surface area contributed by atoms with Crippen molar-refractivity contribution in [2.75, 3.05) is 13.1 Å². The highest BCUT2D eigenvalue weighted by molar-refractivity contribution is 5.77. The third kappa shape index (κ3) is 5.91. The Morgan fingerprint density at radius 2 is 1.58 bits per heavy atom. The molecule has 0 N–H and O–H groups in total. The predicted molar refractivity (Wildman–Crippen MR) is 108 cm³/mol. The molecule has 0 fully saturated rings. The predicted octanol–water partition coefficient (Wildman–Crippen LogP) is 5.06. The molecule has 0 radical (unpaired) electrons. The molecular formula is C23H31NO2. The lowest BCUT2D eigenvalue weighted by atomic mass is 9.88. The van der Waals surface area contributed by atoms with Gasteiger partial charge in [0.2, 0.25) is 5.91 Å². The fraction of sp³-hybridized carbons (Fsp3) is 0.435. The summed E-state index contributed by atoms with van der Waals surface area (Å²) in [6.45, 7) is 9.63. The maximum atomic E-state index is 12.7. The van der Waals surface area contributed by atoms with Crippen molar-refractivity contribution in [2.24, 2.45) is 0 Å². The molecule has 0 spiro atoms. The van der Waals surface area contributed by atoms with Gasteiger partial charge in [-0.25, -0.2) is 0 Å². The van der Waals surface area contributed by atoms with E-state index in [0.29, 0.717) is 6.42 Å². The molecular weight excluding hydrogens is 322 g/mol. The summed E-state index contributed by atoms with van der Waals surface area (Å²) < 4.78 is 5.75. The minimum absolute atomic E-state index is 0.158. The molecule has 1 amide bonds. The standard InChI is InChI=1S/C23H31NO2/c1-5-24(6-2)23(25)17-21(16-19-10-8-7-9-11-19)20-12-14-22(15-13-20)26-18(3)4/h7-15,18,21H,5-6,16-17H2,1-4H3/t21-/m0/s1. The molecule has 3 heteroatoms. The number of ether oxygens (including phenoxy) is 1. The van der Waals surface area contributed by atoms with Crippen LogP contribution in [0, 0.1) is 0 Å². The maximum absolute atomic E-state index is 12.7. The fourth-order valence-corrected chi connectivity index (χ4v) is 3.21. The molecule has 0 aliphatic carbocycles. The van der Waals surface area contributed by atoms with Crippen LogP contribution in [0.15, 0.2) is 54.6 Å². The molecule has 1 atom stereocenters. The Morgan fingerprint density at radius 3 is 2.12 bits per heavy atom. The lowest BCUT2D eigenvalue weighted by Crippen LogP contribution is -2.31. The van der Waals surface area contributed by atoms with Crippen molar-refractivity contribution in [2.45, 2.75) is 52.6 Å². The Kier molecular flexibility index (Phi) is 7.71. The lowest BCUT2D eigenvalue weighted by Gasteiger charge is -2.23. The van der Waals surface area contributed by atoms with Crippen LogP contribution in [0.3, 0.4) is 0 Å². The summed E-state index contributed by atoms with van der Waals surface area (Å²) in [5, 5.41) is 0. The molecule has 0 bridgehead atoms.